The van der Waals surface area contributed by atoms with E-state index in [1.54, 1.807) is 0 Å². The van der Waals surface area contributed by atoms with Crippen molar-refractivity contribution in [3.63, 3.8) is 0 Å². The van der Waals surface area contributed by atoms with Crippen LogP contribution in [0.2, 0.25) is 0 Å². The van der Waals surface area contributed by atoms with Crippen LogP contribution in [-0.4, -0.2) is 29.2 Å². The van der Waals surface area contributed by atoms with Crippen molar-refractivity contribution in [1.82, 2.24) is 0 Å². The van der Waals surface area contributed by atoms with Gasteiger partial charge in [0.25, 0.3) is 5.60 Å². The van der Waals surface area contributed by atoms with Crippen molar-refractivity contribution >= 4 is 0 Å². The molecule has 0 aromatic rings. The lowest BCUT2D eigenvalue weighted by Gasteiger charge is -2.58. The molecule has 27 heavy (non-hydrogen) atoms. The van der Waals surface area contributed by atoms with E-state index in [9.17, 15) is 31.4 Å². The van der Waals surface area contributed by atoms with E-state index in [1.807, 2.05) is 0 Å². The summed E-state index contributed by atoms with van der Waals surface area (Å²) in [6.45, 7) is 3.54. The van der Waals surface area contributed by atoms with Crippen molar-refractivity contribution in [2.24, 2.45) is 29.6 Å². The molecule has 0 amide bonds. The number of halogens is 6. The SMILES string of the molecule is C=COC1C2CCCCC2C(C(O)(C(F)(F)F)C(F)(F)F)C2CCCC[C@@H]21. The van der Waals surface area contributed by atoms with Gasteiger partial charge in [-0.2, -0.15) is 26.3 Å². The van der Waals surface area contributed by atoms with Gasteiger partial charge < -0.3 is 9.84 Å². The third-order valence-electron chi connectivity index (χ3n) is 7.12. The number of alkyl halides is 6. The zero-order valence-electron chi connectivity index (χ0n) is 15.0. The van der Waals surface area contributed by atoms with Crippen LogP contribution in [0.25, 0.3) is 0 Å². The quantitative estimate of drug-likeness (QED) is 0.493. The number of aliphatic hydroxyl groups is 1. The van der Waals surface area contributed by atoms with Crippen molar-refractivity contribution in [3.05, 3.63) is 12.8 Å². The van der Waals surface area contributed by atoms with Crippen LogP contribution in [0.15, 0.2) is 12.8 Å². The highest BCUT2D eigenvalue weighted by molar-refractivity contribution is 5.11. The monoisotopic (exact) mass is 400 g/mol. The molecule has 0 spiro atoms. The topological polar surface area (TPSA) is 29.5 Å². The highest BCUT2D eigenvalue weighted by Gasteiger charge is 2.77. The first-order valence-corrected chi connectivity index (χ1v) is 9.66. The molecule has 3 aliphatic rings. The Morgan fingerprint density at radius 3 is 1.44 bits per heavy atom. The van der Waals surface area contributed by atoms with Gasteiger partial charge >= 0.3 is 12.4 Å². The first kappa shape index (κ1) is 20.8. The first-order valence-electron chi connectivity index (χ1n) is 9.66. The standard InChI is InChI=1S/C19H26F6O2/c1-2-27-16-13-9-5-3-7-11(13)15(12-8-4-6-10-14(12)16)17(26,18(20,21)22)19(23,24)25/h2,11-16,26H,1,3-10H2/t11?,12?,13-,14?,15?,16?/m0/s1. The summed E-state index contributed by atoms with van der Waals surface area (Å²) in [6.07, 6.45) is -6.52. The Kier molecular flexibility index (Phi) is 5.51. The number of hydrogen-bond donors (Lipinski definition) is 1. The molecule has 8 heteroatoms. The van der Waals surface area contributed by atoms with E-state index in [4.69, 9.17) is 4.74 Å². The number of fused-ring (bicyclic) bond motifs is 2. The molecule has 3 aliphatic carbocycles. The highest BCUT2D eigenvalue weighted by atomic mass is 19.4. The zero-order chi connectivity index (χ0) is 20.0. The van der Waals surface area contributed by atoms with Crippen LogP contribution in [0.1, 0.15) is 51.4 Å². The number of ether oxygens (including phenoxy) is 1. The van der Waals surface area contributed by atoms with Crippen molar-refractivity contribution in [2.75, 3.05) is 0 Å². The zero-order valence-corrected chi connectivity index (χ0v) is 15.0. The van der Waals surface area contributed by atoms with E-state index in [0.717, 1.165) is 12.8 Å². The van der Waals surface area contributed by atoms with Gasteiger partial charge in [-0.05, 0) is 49.4 Å². The number of hydrogen-bond acceptors (Lipinski definition) is 2. The Balaban J connectivity index is 2.12. The molecule has 3 fully saturated rings. The summed E-state index contributed by atoms with van der Waals surface area (Å²) >= 11 is 0. The van der Waals surface area contributed by atoms with Crippen LogP contribution in [0.4, 0.5) is 26.3 Å². The first-order chi connectivity index (χ1) is 12.5. The molecule has 0 aromatic carbocycles. The summed E-state index contributed by atoms with van der Waals surface area (Å²) in [6, 6.07) is 0. The van der Waals surface area contributed by atoms with E-state index in [1.165, 1.54) is 6.26 Å². The van der Waals surface area contributed by atoms with Crippen molar-refractivity contribution in [1.29, 1.82) is 0 Å². The van der Waals surface area contributed by atoms with Crippen LogP contribution < -0.4 is 0 Å². The van der Waals surface area contributed by atoms with Gasteiger partial charge in [0.1, 0.15) is 6.10 Å². The van der Waals surface area contributed by atoms with Crippen LogP contribution >= 0.6 is 0 Å². The fourth-order valence-electron chi connectivity index (χ4n) is 6.19. The van der Waals surface area contributed by atoms with Gasteiger partial charge in [-0.3, -0.25) is 0 Å². The number of rotatable bonds is 3. The van der Waals surface area contributed by atoms with Crippen molar-refractivity contribution in [3.8, 4) is 0 Å². The molecule has 1 N–H and O–H groups in total. The molecule has 0 aliphatic heterocycles. The fourth-order valence-corrected chi connectivity index (χ4v) is 6.19. The lowest BCUT2D eigenvalue weighted by molar-refractivity contribution is -0.403. The van der Waals surface area contributed by atoms with Crippen LogP contribution in [-0.2, 0) is 4.74 Å². The molecule has 0 heterocycles. The summed E-state index contributed by atoms with van der Waals surface area (Å²) in [5.41, 5.74) is -4.68. The van der Waals surface area contributed by atoms with Crippen LogP contribution in [0, 0.1) is 29.6 Å². The Morgan fingerprint density at radius 1 is 0.741 bits per heavy atom. The summed E-state index contributed by atoms with van der Waals surface area (Å²) in [5, 5.41) is 10.3. The maximum absolute atomic E-state index is 13.7. The summed E-state index contributed by atoms with van der Waals surface area (Å²) < 4.78 is 88.1. The lowest BCUT2D eigenvalue weighted by atomic mass is 9.50. The molecule has 0 aromatic heterocycles. The molecule has 6 atom stereocenters. The third-order valence-corrected chi connectivity index (χ3v) is 7.12. The summed E-state index contributed by atoms with van der Waals surface area (Å²) in [5.74, 6) is -4.44. The Morgan fingerprint density at radius 2 is 1.11 bits per heavy atom. The Bertz CT molecular complexity index is 505. The second-order valence-corrected chi connectivity index (χ2v) is 8.28. The molecule has 156 valence electrons. The van der Waals surface area contributed by atoms with Gasteiger partial charge in [0, 0.05) is 5.92 Å². The fraction of sp³-hybridized carbons (Fsp3) is 0.895. The maximum atomic E-state index is 13.7. The molecule has 3 saturated carbocycles. The average Bonchev–Trinajstić information content (AvgIpc) is 2.59. The molecule has 0 saturated heterocycles. The second-order valence-electron chi connectivity index (χ2n) is 8.28. The molecule has 3 rings (SSSR count). The molecule has 0 bridgehead atoms. The average molecular weight is 400 g/mol. The molecular weight excluding hydrogens is 374 g/mol. The summed E-state index contributed by atoms with van der Waals surface area (Å²) in [4.78, 5) is 0. The minimum absolute atomic E-state index is 0.254. The van der Waals surface area contributed by atoms with Gasteiger partial charge in [0.05, 0.1) is 6.26 Å². The van der Waals surface area contributed by atoms with E-state index in [2.05, 4.69) is 6.58 Å². The lowest BCUT2D eigenvalue weighted by Crippen LogP contribution is -2.69. The predicted molar refractivity (Wildman–Crippen MR) is 86.5 cm³/mol. The third kappa shape index (κ3) is 3.25. The molecule has 5 unspecified atom stereocenters. The highest BCUT2D eigenvalue weighted by Crippen LogP contribution is 2.62. The minimum Gasteiger partial charge on any atom is -0.498 e. The van der Waals surface area contributed by atoms with Gasteiger partial charge in [0.15, 0.2) is 0 Å². The maximum Gasteiger partial charge on any atom is 0.426 e. The molecular formula is C19H26F6O2. The van der Waals surface area contributed by atoms with Crippen LogP contribution in [0.5, 0.6) is 0 Å². The van der Waals surface area contributed by atoms with Gasteiger partial charge in [0.2, 0.25) is 0 Å². The minimum atomic E-state index is -5.77. The van der Waals surface area contributed by atoms with E-state index < -0.39 is 53.6 Å². The van der Waals surface area contributed by atoms with Crippen molar-refractivity contribution in [2.45, 2.75) is 75.4 Å². The summed E-state index contributed by atoms with van der Waals surface area (Å²) in [7, 11) is 0. The van der Waals surface area contributed by atoms with E-state index >= 15 is 0 Å². The predicted octanol–water partition coefficient (Wildman–Crippen LogP) is 5.61. The van der Waals surface area contributed by atoms with E-state index in [0.29, 0.717) is 25.7 Å². The van der Waals surface area contributed by atoms with Gasteiger partial charge in [-0.1, -0.05) is 32.3 Å². The van der Waals surface area contributed by atoms with Crippen LogP contribution in [0.3, 0.4) is 0 Å². The normalized spacial score (nSPS) is 37.9. The largest absolute Gasteiger partial charge is 0.498 e. The smallest absolute Gasteiger partial charge is 0.426 e. The molecule has 2 nitrogen and oxygen atoms in total. The van der Waals surface area contributed by atoms with Gasteiger partial charge in [-0.15, -0.1) is 0 Å². The van der Waals surface area contributed by atoms with Gasteiger partial charge in [-0.25, -0.2) is 0 Å². The Hall–Kier alpha value is -0.920. The van der Waals surface area contributed by atoms with Crippen molar-refractivity contribution < 1.29 is 36.2 Å². The molecule has 0 radical (unpaired) electrons. The second kappa shape index (κ2) is 7.16. The van der Waals surface area contributed by atoms with E-state index in [-0.39, 0.29) is 12.8 Å². The Labute approximate surface area is 155 Å².